The first kappa shape index (κ1) is 23.8. The Labute approximate surface area is 225 Å². The number of halogens is 1. The summed E-state index contributed by atoms with van der Waals surface area (Å²) >= 11 is 6.61. The third-order valence-corrected chi connectivity index (χ3v) is 7.15. The van der Waals surface area contributed by atoms with E-state index in [2.05, 4.69) is 9.88 Å². The maximum absolute atomic E-state index is 13.7. The van der Waals surface area contributed by atoms with E-state index in [9.17, 15) is 9.59 Å². The number of para-hydroxylation sites is 1. The Hall–Kier alpha value is -4.61. The van der Waals surface area contributed by atoms with Crippen molar-refractivity contribution >= 4 is 34.8 Å². The smallest absolute Gasteiger partial charge is 0.258 e. The molecule has 186 valence electrons. The molecule has 6 heteroatoms. The van der Waals surface area contributed by atoms with E-state index < -0.39 is 0 Å². The molecule has 0 saturated carbocycles. The summed E-state index contributed by atoms with van der Waals surface area (Å²) in [7, 11) is 0. The van der Waals surface area contributed by atoms with Crippen LogP contribution in [0.15, 0.2) is 115 Å². The van der Waals surface area contributed by atoms with Gasteiger partial charge in [0.1, 0.15) is 0 Å². The Morgan fingerprint density at radius 1 is 0.763 bits per heavy atom. The summed E-state index contributed by atoms with van der Waals surface area (Å²) in [4.78, 5) is 28.8. The Kier molecular flexibility index (Phi) is 6.28. The SMILES string of the molecule is O=C(Nc1ccc(C(=O)N2Cc3cccn3Cc3ccccc32)cc1Cl)c1ccccc1-c1ccccc1. The number of benzene rings is 4. The first-order chi connectivity index (χ1) is 18.6. The molecule has 1 aromatic heterocycles. The molecule has 1 aliphatic heterocycles. The van der Waals surface area contributed by atoms with Gasteiger partial charge in [0.15, 0.2) is 0 Å². The van der Waals surface area contributed by atoms with Crippen molar-refractivity contribution in [3.63, 3.8) is 0 Å². The van der Waals surface area contributed by atoms with Crippen LogP contribution in [0.25, 0.3) is 11.1 Å². The molecule has 0 atom stereocenters. The highest BCUT2D eigenvalue weighted by molar-refractivity contribution is 6.34. The number of carbonyl (C=O) groups is 2. The molecule has 38 heavy (non-hydrogen) atoms. The van der Waals surface area contributed by atoms with E-state index in [1.807, 2.05) is 91.1 Å². The second kappa shape index (κ2) is 10.0. The topological polar surface area (TPSA) is 54.3 Å². The van der Waals surface area contributed by atoms with Crippen molar-refractivity contribution in [2.45, 2.75) is 13.1 Å². The van der Waals surface area contributed by atoms with Crippen molar-refractivity contribution in [1.29, 1.82) is 0 Å². The van der Waals surface area contributed by atoms with Crippen molar-refractivity contribution in [2.24, 2.45) is 0 Å². The van der Waals surface area contributed by atoms with Crippen molar-refractivity contribution in [2.75, 3.05) is 10.2 Å². The number of aromatic nitrogens is 1. The molecule has 1 aliphatic rings. The van der Waals surface area contributed by atoms with Gasteiger partial charge >= 0.3 is 0 Å². The fraction of sp³-hybridized carbons (Fsp3) is 0.0625. The molecule has 2 amide bonds. The van der Waals surface area contributed by atoms with Gasteiger partial charge in [0.2, 0.25) is 0 Å². The van der Waals surface area contributed by atoms with Crippen LogP contribution in [0.4, 0.5) is 11.4 Å². The Morgan fingerprint density at radius 3 is 2.37 bits per heavy atom. The number of nitrogens with zero attached hydrogens (tertiary/aromatic N) is 2. The van der Waals surface area contributed by atoms with Gasteiger partial charge in [-0.3, -0.25) is 9.59 Å². The van der Waals surface area contributed by atoms with Crippen LogP contribution in [0.3, 0.4) is 0 Å². The molecular weight excluding hydrogens is 494 g/mol. The number of nitrogens with one attached hydrogen (secondary N) is 1. The van der Waals surface area contributed by atoms with Crippen LogP contribution in [-0.4, -0.2) is 16.4 Å². The number of hydrogen-bond acceptors (Lipinski definition) is 2. The maximum atomic E-state index is 13.7. The van der Waals surface area contributed by atoms with E-state index in [4.69, 9.17) is 11.6 Å². The minimum Gasteiger partial charge on any atom is -0.345 e. The van der Waals surface area contributed by atoms with E-state index in [0.29, 0.717) is 34.9 Å². The standard InChI is InChI=1S/C32H24ClN3O2/c33-28-19-23(32(38)36-21-25-12-8-18-35(25)20-24-11-4-7-15-30(24)36)16-17-29(28)34-31(37)27-14-6-5-13-26(27)22-9-2-1-3-10-22/h1-19H,20-21H2,(H,34,37). The average molecular weight is 518 g/mol. The Balaban J connectivity index is 1.27. The quantitative estimate of drug-likeness (QED) is 0.272. The largest absolute Gasteiger partial charge is 0.345 e. The third-order valence-electron chi connectivity index (χ3n) is 6.83. The summed E-state index contributed by atoms with van der Waals surface area (Å²) in [5, 5.41) is 3.22. The maximum Gasteiger partial charge on any atom is 0.258 e. The lowest BCUT2D eigenvalue weighted by Gasteiger charge is -2.23. The minimum absolute atomic E-state index is 0.152. The highest BCUT2D eigenvalue weighted by Gasteiger charge is 2.25. The second-order valence-electron chi connectivity index (χ2n) is 9.21. The molecule has 4 aromatic carbocycles. The second-order valence-corrected chi connectivity index (χ2v) is 9.61. The number of anilines is 2. The van der Waals surface area contributed by atoms with Gasteiger partial charge in [-0.15, -0.1) is 0 Å². The number of rotatable bonds is 4. The zero-order chi connectivity index (χ0) is 26.1. The Bertz CT molecular complexity index is 1660. The number of hydrogen-bond donors (Lipinski definition) is 1. The van der Waals surface area contributed by atoms with E-state index in [1.165, 1.54) is 0 Å². The van der Waals surface area contributed by atoms with E-state index in [0.717, 1.165) is 28.1 Å². The van der Waals surface area contributed by atoms with Crippen molar-refractivity contribution in [3.05, 3.63) is 143 Å². The molecule has 0 aliphatic carbocycles. The van der Waals surface area contributed by atoms with Gasteiger partial charge in [0.25, 0.3) is 11.8 Å². The van der Waals surface area contributed by atoms with Gasteiger partial charge < -0.3 is 14.8 Å². The molecule has 0 unspecified atom stereocenters. The fourth-order valence-electron chi connectivity index (χ4n) is 4.91. The zero-order valence-corrected chi connectivity index (χ0v) is 21.2. The monoisotopic (exact) mass is 517 g/mol. The van der Waals surface area contributed by atoms with Gasteiger partial charge in [-0.1, -0.05) is 78.3 Å². The normalized spacial score (nSPS) is 12.3. The van der Waals surface area contributed by atoms with E-state index >= 15 is 0 Å². The molecular formula is C32H24ClN3O2. The van der Waals surface area contributed by atoms with Crippen molar-refractivity contribution in [3.8, 4) is 11.1 Å². The van der Waals surface area contributed by atoms with Crippen LogP contribution >= 0.6 is 11.6 Å². The van der Waals surface area contributed by atoms with Crippen LogP contribution in [0.5, 0.6) is 0 Å². The van der Waals surface area contributed by atoms with Gasteiger partial charge in [-0.05, 0) is 59.2 Å². The summed E-state index contributed by atoms with van der Waals surface area (Å²) in [6.45, 7) is 1.16. The molecule has 0 saturated heterocycles. The Morgan fingerprint density at radius 2 is 1.53 bits per heavy atom. The van der Waals surface area contributed by atoms with E-state index in [-0.39, 0.29) is 11.8 Å². The van der Waals surface area contributed by atoms with Crippen LogP contribution in [0.1, 0.15) is 32.0 Å². The number of fused-ring (bicyclic) bond motifs is 2. The molecule has 0 bridgehead atoms. The molecule has 0 fully saturated rings. The van der Waals surface area contributed by atoms with Gasteiger partial charge in [0.05, 0.1) is 17.3 Å². The predicted molar refractivity (Wildman–Crippen MR) is 152 cm³/mol. The molecule has 1 N–H and O–H groups in total. The minimum atomic E-state index is -0.271. The molecule has 0 radical (unpaired) electrons. The fourth-order valence-corrected chi connectivity index (χ4v) is 5.14. The summed E-state index contributed by atoms with van der Waals surface area (Å²) < 4.78 is 2.16. The van der Waals surface area contributed by atoms with Gasteiger partial charge in [-0.25, -0.2) is 0 Å². The molecule has 0 spiro atoms. The van der Waals surface area contributed by atoms with Crippen LogP contribution < -0.4 is 10.2 Å². The lowest BCUT2D eigenvalue weighted by Crippen LogP contribution is -2.30. The van der Waals surface area contributed by atoms with Crippen LogP contribution in [0, 0.1) is 0 Å². The highest BCUT2D eigenvalue weighted by atomic mass is 35.5. The number of amides is 2. The van der Waals surface area contributed by atoms with Crippen LogP contribution in [-0.2, 0) is 13.1 Å². The lowest BCUT2D eigenvalue weighted by molar-refractivity contribution is 0.0983. The highest BCUT2D eigenvalue weighted by Crippen LogP contribution is 2.31. The first-order valence-corrected chi connectivity index (χ1v) is 12.8. The van der Waals surface area contributed by atoms with Crippen molar-refractivity contribution < 1.29 is 9.59 Å². The zero-order valence-electron chi connectivity index (χ0n) is 20.5. The van der Waals surface area contributed by atoms with Gasteiger partial charge in [-0.2, -0.15) is 0 Å². The van der Waals surface area contributed by atoms with Crippen molar-refractivity contribution in [1.82, 2.24) is 4.57 Å². The summed E-state index contributed by atoms with van der Waals surface area (Å²) in [5.41, 5.74) is 6.23. The number of carbonyl (C=O) groups excluding carboxylic acids is 2. The summed E-state index contributed by atoms with van der Waals surface area (Å²) in [6, 6.07) is 34.2. The summed E-state index contributed by atoms with van der Waals surface area (Å²) in [6.07, 6.45) is 2.03. The third kappa shape index (κ3) is 4.49. The lowest BCUT2D eigenvalue weighted by atomic mass is 9.99. The van der Waals surface area contributed by atoms with Crippen LogP contribution in [0.2, 0.25) is 5.02 Å². The first-order valence-electron chi connectivity index (χ1n) is 12.4. The predicted octanol–water partition coefficient (Wildman–Crippen LogP) is 7.27. The molecule has 5 aromatic rings. The summed E-state index contributed by atoms with van der Waals surface area (Å²) in [5.74, 6) is -0.422. The molecule has 5 nitrogen and oxygen atoms in total. The van der Waals surface area contributed by atoms with Gasteiger partial charge in [0, 0.05) is 35.2 Å². The molecule has 2 heterocycles. The molecule has 6 rings (SSSR count). The van der Waals surface area contributed by atoms with E-state index in [1.54, 1.807) is 29.2 Å². The average Bonchev–Trinajstić information content (AvgIpc) is 3.33.